The highest BCUT2D eigenvalue weighted by molar-refractivity contribution is 4.77. The van der Waals surface area contributed by atoms with Crippen LogP contribution in [0.4, 0.5) is 0 Å². The topological polar surface area (TPSA) is 18.5 Å². The van der Waals surface area contributed by atoms with Crippen LogP contribution in [0.5, 0.6) is 0 Å². The van der Waals surface area contributed by atoms with E-state index in [1.54, 1.807) is 0 Å². The highest BCUT2D eigenvalue weighted by Crippen LogP contribution is 2.10. The molecule has 1 aliphatic rings. The zero-order chi connectivity index (χ0) is 13.4. The Morgan fingerprint density at radius 1 is 1.17 bits per heavy atom. The fourth-order valence-electron chi connectivity index (χ4n) is 2.70. The van der Waals surface area contributed by atoms with Crippen LogP contribution in [0.25, 0.3) is 0 Å². The molecule has 18 heavy (non-hydrogen) atoms. The molecule has 0 aromatic heterocycles. The van der Waals surface area contributed by atoms with Gasteiger partial charge in [0.25, 0.3) is 0 Å². The molecule has 108 valence electrons. The molecule has 1 heterocycles. The van der Waals surface area contributed by atoms with Crippen molar-refractivity contribution in [3.63, 3.8) is 0 Å². The van der Waals surface area contributed by atoms with Crippen molar-refractivity contribution in [2.45, 2.75) is 58.0 Å². The SMILES string of the molecule is CCC1CCN(CCCCN(C)C)CCC(C)N1. The molecule has 0 saturated carbocycles. The summed E-state index contributed by atoms with van der Waals surface area (Å²) in [5, 5.41) is 3.74. The van der Waals surface area contributed by atoms with Gasteiger partial charge in [-0.2, -0.15) is 0 Å². The van der Waals surface area contributed by atoms with Gasteiger partial charge in [-0.25, -0.2) is 0 Å². The van der Waals surface area contributed by atoms with Crippen molar-refractivity contribution < 1.29 is 0 Å². The number of nitrogens with one attached hydrogen (secondary N) is 1. The van der Waals surface area contributed by atoms with Gasteiger partial charge < -0.3 is 15.1 Å². The smallest absolute Gasteiger partial charge is 0.00790 e. The minimum atomic E-state index is 0.680. The van der Waals surface area contributed by atoms with Crippen LogP contribution >= 0.6 is 0 Å². The van der Waals surface area contributed by atoms with Crippen molar-refractivity contribution >= 4 is 0 Å². The standard InChI is InChI=1S/C15H33N3/c1-5-15-9-13-18(12-8-14(2)16-15)11-7-6-10-17(3)4/h14-16H,5-13H2,1-4H3. The first-order valence-electron chi connectivity index (χ1n) is 7.75. The zero-order valence-electron chi connectivity index (χ0n) is 12.9. The average Bonchev–Trinajstić information content (AvgIpc) is 2.32. The maximum atomic E-state index is 3.74. The Hall–Kier alpha value is -0.120. The lowest BCUT2D eigenvalue weighted by Gasteiger charge is -2.32. The Morgan fingerprint density at radius 3 is 2.56 bits per heavy atom. The summed E-state index contributed by atoms with van der Waals surface area (Å²) < 4.78 is 0. The lowest BCUT2D eigenvalue weighted by Crippen LogP contribution is -2.44. The number of hydrogen-bond donors (Lipinski definition) is 1. The second kappa shape index (κ2) is 8.89. The summed E-state index contributed by atoms with van der Waals surface area (Å²) in [6.45, 7) is 9.69. The fraction of sp³-hybridized carbons (Fsp3) is 1.00. The van der Waals surface area contributed by atoms with E-state index in [-0.39, 0.29) is 0 Å². The molecule has 1 fully saturated rings. The third kappa shape index (κ3) is 6.72. The maximum Gasteiger partial charge on any atom is 0.00790 e. The third-order valence-corrected chi connectivity index (χ3v) is 4.01. The van der Waals surface area contributed by atoms with Crippen LogP contribution in [0.2, 0.25) is 0 Å². The summed E-state index contributed by atoms with van der Waals surface area (Å²) >= 11 is 0. The minimum Gasteiger partial charge on any atom is -0.311 e. The van der Waals surface area contributed by atoms with Gasteiger partial charge in [-0.3, -0.25) is 0 Å². The van der Waals surface area contributed by atoms with E-state index in [1.807, 2.05) is 0 Å². The van der Waals surface area contributed by atoms with E-state index in [0.29, 0.717) is 6.04 Å². The largest absolute Gasteiger partial charge is 0.311 e. The van der Waals surface area contributed by atoms with Crippen LogP contribution in [0, 0.1) is 0 Å². The van der Waals surface area contributed by atoms with E-state index in [9.17, 15) is 0 Å². The van der Waals surface area contributed by atoms with E-state index in [0.717, 1.165) is 6.04 Å². The van der Waals surface area contributed by atoms with Gasteiger partial charge in [0, 0.05) is 12.1 Å². The van der Waals surface area contributed by atoms with Crippen LogP contribution in [0.1, 0.15) is 46.0 Å². The van der Waals surface area contributed by atoms with Crippen LogP contribution in [-0.2, 0) is 0 Å². The molecule has 1 saturated heterocycles. The summed E-state index contributed by atoms with van der Waals surface area (Å²) in [7, 11) is 4.32. The number of unbranched alkanes of at least 4 members (excludes halogenated alkanes) is 1. The molecule has 0 aromatic carbocycles. The van der Waals surface area contributed by atoms with Gasteiger partial charge in [0.2, 0.25) is 0 Å². The zero-order valence-corrected chi connectivity index (χ0v) is 12.9. The minimum absolute atomic E-state index is 0.680. The molecule has 0 bridgehead atoms. The van der Waals surface area contributed by atoms with E-state index in [2.05, 4.69) is 43.1 Å². The Kier molecular flexibility index (Phi) is 7.87. The van der Waals surface area contributed by atoms with Gasteiger partial charge in [0.15, 0.2) is 0 Å². The van der Waals surface area contributed by atoms with Crippen molar-refractivity contribution in [2.24, 2.45) is 0 Å². The predicted molar refractivity (Wildman–Crippen MR) is 80.1 cm³/mol. The second-order valence-corrected chi connectivity index (χ2v) is 6.10. The molecule has 0 radical (unpaired) electrons. The van der Waals surface area contributed by atoms with Crippen molar-refractivity contribution in [3.8, 4) is 0 Å². The van der Waals surface area contributed by atoms with Crippen LogP contribution < -0.4 is 5.32 Å². The summed E-state index contributed by atoms with van der Waals surface area (Å²) in [6, 6.07) is 1.41. The number of nitrogens with zero attached hydrogens (tertiary/aromatic N) is 2. The van der Waals surface area contributed by atoms with Gasteiger partial charge in [-0.15, -0.1) is 0 Å². The monoisotopic (exact) mass is 255 g/mol. The lowest BCUT2D eigenvalue weighted by atomic mass is 10.1. The van der Waals surface area contributed by atoms with Gasteiger partial charge in [0.05, 0.1) is 0 Å². The lowest BCUT2D eigenvalue weighted by molar-refractivity contribution is 0.207. The maximum absolute atomic E-state index is 3.74. The molecular weight excluding hydrogens is 222 g/mol. The van der Waals surface area contributed by atoms with Crippen LogP contribution in [0.3, 0.4) is 0 Å². The van der Waals surface area contributed by atoms with Crippen molar-refractivity contribution in [1.82, 2.24) is 15.1 Å². The molecule has 0 aromatic rings. The summed E-state index contributed by atoms with van der Waals surface area (Å²) in [4.78, 5) is 4.96. The van der Waals surface area contributed by atoms with Gasteiger partial charge in [-0.05, 0) is 79.3 Å². The van der Waals surface area contributed by atoms with Gasteiger partial charge >= 0.3 is 0 Å². The van der Waals surface area contributed by atoms with Crippen LogP contribution in [-0.4, -0.2) is 62.2 Å². The molecule has 1 rings (SSSR count). The molecular formula is C15H33N3. The van der Waals surface area contributed by atoms with Crippen molar-refractivity contribution in [1.29, 1.82) is 0 Å². The summed E-state index contributed by atoms with van der Waals surface area (Å²) in [5.41, 5.74) is 0. The number of hydrogen-bond acceptors (Lipinski definition) is 3. The average molecular weight is 255 g/mol. The highest BCUT2D eigenvalue weighted by Gasteiger charge is 2.16. The molecule has 1 aliphatic heterocycles. The first-order valence-corrected chi connectivity index (χ1v) is 7.75. The van der Waals surface area contributed by atoms with Crippen molar-refractivity contribution in [2.75, 3.05) is 40.3 Å². The van der Waals surface area contributed by atoms with E-state index in [1.165, 1.54) is 58.3 Å². The van der Waals surface area contributed by atoms with E-state index >= 15 is 0 Å². The molecule has 0 spiro atoms. The Balaban J connectivity index is 2.23. The Morgan fingerprint density at radius 2 is 1.89 bits per heavy atom. The molecule has 1 N–H and O–H groups in total. The van der Waals surface area contributed by atoms with Gasteiger partial charge in [0.1, 0.15) is 0 Å². The fourth-order valence-corrected chi connectivity index (χ4v) is 2.70. The molecule has 2 unspecified atom stereocenters. The number of rotatable bonds is 6. The summed E-state index contributed by atoms with van der Waals surface area (Å²) in [6.07, 6.45) is 6.54. The third-order valence-electron chi connectivity index (χ3n) is 4.01. The normalized spacial score (nSPS) is 27.2. The van der Waals surface area contributed by atoms with E-state index < -0.39 is 0 Å². The molecule has 0 aliphatic carbocycles. The Labute approximate surface area is 114 Å². The highest BCUT2D eigenvalue weighted by atomic mass is 15.1. The summed E-state index contributed by atoms with van der Waals surface area (Å²) in [5.74, 6) is 0. The van der Waals surface area contributed by atoms with Crippen molar-refractivity contribution in [3.05, 3.63) is 0 Å². The Bertz CT molecular complexity index is 206. The second-order valence-electron chi connectivity index (χ2n) is 6.10. The molecule has 2 atom stereocenters. The first kappa shape index (κ1) is 15.9. The first-order chi connectivity index (χ1) is 8.61. The van der Waals surface area contributed by atoms with Crippen LogP contribution in [0.15, 0.2) is 0 Å². The molecule has 3 nitrogen and oxygen atoms in total. The van der Waals surface area contributed by atoms with E-state index in [4.69, 9.17) is 0 Å². The molecule has 0 amide bonds. The van der Waals surface area contributed by atoms with Gasteiger partial charge in [-0.1, -0.05) is 6.92 Å². The molecule has 3 heteroatoms. The predicted octanol–water partition coefficient (Wildman–Crippen LogP) is 2.18. The quantitative estimate of drug-likeness (QED) is 0.734.